The van der Waals surface area contributed by atoms with Crippen molar-refractivity contribution in [3.05, 3.63) is 0 Å². The molecule has 2 aliphatic rings. The molecule has 2 amide bonds. The Balaban J connectivity index is 2.27. The van der Waals surface area contributed by atoms with E-state index in [0.717, 1.165) is 12.3 Å². The van der Waals surface area contributed by atoms with E-state index in [2.05, 4.69) is 12.2 Å². The highest BCUT2D eigenvalue weighted by Gasteiger charge is 2.48. The lowest BCUT2D eigenvalue weighted by molar-refractivity contribution is -0.157. The largest absolute Gasteiger partial charge is 0.342 e. The Kier molecular flexibility index (Phi) is 4.36. The molecule has 1 saturated carbocycles. The zero-order valence-corrected chi connectivity index (χ0v) is 14.3. The molecular weight excluding hydrogens is 264 g/mol. The molecule has 0 bridgehead atoms. The molecule has 0 aromatic heterocycles. The van der Waals surface area contributed by atoms with Gasteiger partial charge in [0.1, 0.15) is 12.1 Å². The van der Waals surface area contributed by atoms with Crippen molar-refractivity contribution in [2.45, 2.75) is 78.9 Å². The smallest absolute Gasteiger partial charge is 0.246 e. The van der Waals surface area contributed by atoms with Crippen LogP contribution in [0, 0.1) is 17.3 Å². The minimum Gasteiger partial charge on any atom is -0.342 e. The lowest BCUT2D eigenvalue weighted by Gasteiger charge is -2.47. The van der Waals surface area contributed by atoms with E-state index in [-0.39, 0.29) is 35.2 Å². The van der Waals surface area contributed by atoms with Crippen LogP contribution in [0.1, 0.15) is 60.8 Å². The standard InChI is InChI=1S/C17H30N2O2/c1-10(2)13-15(20)18-14(17(4,5)6)16(21)19(13)11(3)9-12-7-8-12/h10-14H,7-9H2,1-6H3,(H,18,20). The number of hydrogen-bond donors (Lipinski definition) is 1. The Labute approximate surface area is 128 Å². The minimum atomic E-state index is -0.415. The summed E-state index contributed by atoms with van der Waals surface area (Å²) in [6.07, 6.45) is 3.57. The zero-order valence-electron chi connectivity index (χ0n) is 14.3. The summed E-state index contributed by atoms with van der Waals surface area (Å²) in [5, 5.41) is 2.96. The topological polar surface area (TPSA) is 49.4 Å². The first-order chi connectivity index (χ1) is 9.62. The van der Waals surface area contributed by atoms with Crippen LogP contribution < -0.4 is 5.32 Å². The van der Waals surface area contributed by atoms with Gasteiger partial charge in [0.25, 0.3) is 0 Å². The van der Waals surface area contributed by atoms with Crippen LogP contribution in [0.5, 0.6) is 0 Å². The van der Waals surface area contributed by atoms with Crippen LogP contribution >= 0.6 is 0 Å². The van der Waals surface area contributed by atoms with E-state index in [4.69, 9.17) is 0 Å². The van der Waals surface area contributed by atoms with Crippen LogP contribution in [0.2, 0.25) is 0 Å². The van der Waals surface area contributed by atoms with Gasteiger partial charge in [-0.3, -0.25) is 9.59 Å². The first kappa shape index (κ1) is 16.3. The molecule has 1 N–H and O–H groups in total. The summed E-state index contributed by atoms with van der Waals surface area (Å²) in [6, 6.07) is -0.597. The van der Waals surface area contributed by atoms with Crippen molar-refractivity contribution in [3.8, 4) is 0 Å². The second-order valence-corrected chi connectivity index (χ2v) is 8.27. The summed E-state index contributed by atoms with van der Waals surface area (Å²) in [6.45, 7) is 12.2. The van der Waals surface area contributed by atoms with Crippen LogP contribution in [0.25, 0.3) is 0 Å². The fraction of sp³-hybridized carbons (Fsp3) is 0.882. The van der Waals surface area contributed by atoms with Gasteiger partial charge >= 0.3 is 0 Å². The molecule has 1 saturated heterocycles. The Bertz CT molecular complexity index is 421. The molecule has 21 heavy (non-hydrogen) atoms. The van der Waals surface area contributed by atoms with Gasteiger partial charge in [0.2, 0.25) is 11.8 Å². The van der Waals surface area contributed by atoms with Crippen molar-refractivity contribution >= 4 is 11.8 Å². The van der Waals surface area contributed by atoms with Gasteiger partial charge in [-0.05, 0) is 30.6 Å². The molecule has 2 rings (SSSR count). The van der Waals surface area contributed by atoms with Crippen LogP contribution in [-0.4, -0.2) is 34.8 Å². The molecule has 0 aromatic carbocycles. The van der Waals surface area contributed by atoms with E-state index in [1.54, 1.807) is 0 Å². The molecule has 120 valence electrons. The number of hydrogen-bond acceptors (Lipinski definition) is 2. The summed E-state index contributed by atoms with van der Waals surface area (Å²) in [5.74, 6) is 0.983. The average molecular weight is 294 g/mol. The summed E-state index contributed by atoms with van der Waals surface area (Å²) in [5.41, 5.74) is -0.258. The molecule has 0 radical (unpaired) electrons. The molecule has 0 aromatic rings. The van der Waals surface area contributed by atoms with Gasteiger partial charge in [-0.2, -0.15) is 0 Å². The summed E-state index contributed by atoms with van der Waals surface area (Å²) in [7, 11) is 0. The van der Waals surface area contributed by atoms with Crippen molar-refractivity contribution in [1.82, 2.24) is 10.2 Å². The van der Waals surface area contributed by atoms with E-state index in [1.165, 1.54) is 12.8 Å². The Morgan fingerprint density at radius 3 is 2.19 bits per heavy atom. The number of rotatable bonds is 4. The molecule has 4 nitrogen and oxygen atoms in total. The first-order valence-corrected chi connectivity index (χ1v) is 8.25. The third-order valence-electron chi connectivity index (χ3n) is 4.70. The molecule has 1 aliphatic heterocycles. The molecular formula is C17H30N2O2. The van der Waals surface area contributed by atoms with Gasteiger partial charge in [-0.15, -0.1) is 0 Å². The van der Waals surface area contributed by atoms with Gasteiger partial charge in [0.15, 0.2) is 0 Å². The Hall–Kier alpha value is -1.06. The van der Waals surface area contributed by atoms with Crippen LogP contribution in [0.4, 0.5) is 0 Å². The van der Waals surface area contributed by atoms with Gasteiger partial charge in [-0.1, -0.05) is 47.5 Å². The molecule has 3 unspecified atom stereocenters. The van der Waals surface area contributed by atoms with Crippen molar-refractivity contribution in [2.24, 2.45) is 17.3 Å². The highest BCUT2D eigenvalue weighted by Crippen LogP contribution is 2.37. The second kappa shape index (κ2) is 5.62. The van der Waals surface area contributed by atoms with E-state index in [9.17, 15) is 9.59 Å². The van der Waals surface area contributed by atoms with Gasteiger partial charge < -0.3 is 10.2 Å². The normalized spacial score (nSPS) is 28.8. The summed E-state index contributed by atoms with van der Waals surface area (Å²) >= 11 is 0. The Morgan fingerprint density at radius 1 is 1.19 bits per heavy atom. The highest BCUT2D eigenvalue weighted by molar-refractivity contribution is 5.97. The van der Waals surface area contributed by atoms with Crippen LogP contribution in [0.15, 0.2) is 0 Å². The quantitative estimate of drug-likeness (QED) is 0.866. The van der Waals surface area contributed by atoms with Crippen LogP contribution in [-0.2, 0) is 9.59 Å². The van der Waals surface area contributed by atoms with Crippen molar-refractivity contribution < 1.29 is 9.59 Å². The fourth-order valence-electron chi connectivity index (χ4n) is 3.35. The van der Waals surface area contributed by atoms with Gasteiger partial charge in [-0.25, -0.2) is 0 Å². The Morgan fingerprint density at radius 2 is 1.76 bits per heavy atom. The van der Waals surface area contributed by atoms with E-state index >= 15 is 0 Å². The van der Waals surface area contributed by atoms with Crippen molar-refractivity contribution in [3.63, 3.8) is 0 Å². The van der Waals surface area contributed by atoms with E-state index < -0.39 is 6.04 Å². The van der Waals surface area contributed by atoms with E-state index in [0.29, 0.717) is 0 Å². The molecule has 0 spiro atoms. The third kappa shape index (κ3) is 3.41. The fourth-order valence-corrected chi connectivity index (χ4v) is 3.35. The van der Waals surface area contributed by atoms with Gasteiger partial charge in [0.05, 0.1) is 0 Å². The second-order valence-electron chi connectivity index (χ2n) is 8.27. The van der Waals surface area contributed by atoms with E-state index in [1.807, 2.05) is 39.5 Å². The molecule has 2 fully saturated rings. The predicted molar refractivity (Wildman–Crippen MR) is 83.7 cm³/mol. The SMILES string of the molecule is CC(C)C1C(=O)NC(C(C)(C)C)C(=O)N1C(C)CC1CC1. The number of carbonyl (C=O) groups excluding carboxylic acids is 2. The maximum Gasteiger partial charge on any atom is 0.246 e. The zero-order chi connectivity index (χ0) is 15.9. The monoisotopic (exact) mass is 294 g/mol. The molecule has 4 heteroatoms. The summed E-state index contributed by atoms with van der Waals surface area (Å²) < 4.78 is 0. The van der Waals surface area contributed by atoms with Crippen molar-refractivity contribution in [1.29, 1.82) is 0 Å². The first-order valence-electron chi connectivity index (χ1n) is 8.25. The number of amides is 2. The highest BCUT2D eigenvalue weighted by atomic mass is 16.2. The number of nitrogens with one attached hydrogen (secondary N) is 1. The number of piperazine rings is 1. The summed E-state index contributed by atoms with van der Waals surface area (Å²) in [4.78, 5) is 27.4. The molecule has 1 aliphatic carbocycles. The third-order valence-corrected chi connectivity index (χ3v) is 4.70. The molecule has 1 heterocycles. The number of carbonyl (C=O) groups is 2. The maximum atomic E-state index is 13.0. The van der Waals surface area contributed by atoms with Crippen molar-refractivity contribution in [2.75, 3.05) is 0 Å². The van der Waals surface area contributed by atoms with Gasteiger partial charge in [0, 0.05) is 6.04 Å². The number of nitrogens with zero attached hydrogens (tertiary/aromatic N) is 1. The lowest BCUT2D eigenvalue weighted by Crippen LogP contribution is -2.69. The maximum absolute atomic E-state index is 13.0. The van der Waals surface area contributed by atoms with Crippen LogP contribution in [0.3, 0.4) is 0 Å². The predicted octanol–water partition coefficient (Wildman–Crippen LogP) is 2.57. The lowest BCUT2D eigenvalue weighted by atomic mass is 9.82. The minimum absolute atomic E-state index is 0.00664. The average Bonchev–Trinajstić information content (AvgIpc) is 3.12. The molecule has 3 atom stereocenters.